The third-order valence-corrected chi connectivity index (χ3v) is 5.70. The Hall–Kier alpha value is -2.51. The molecule has 1 aromatic heterocycles. The normalized spacial score (nSPS) is 17.4. The smallest absolute Gasteiger partial charge is 0.339 e. The van der Waals surface area contributed by atoms with E-state index in [0.717, 1.165) is 35.1 Å². The fourth-order valence-electron chi connectivity index (χ4n) is 3.99. The molecule has 7 heteroatoms. The monoisotopic (exact) mass is 397 g/mol. The average Bonchev–Trinajstić information content (AvgIpc) is 2.75. The minimum Gasteiger partial charge on any atom is -0.452 e. The van der Waals surface area contributed by atoms with E-state index in [0.29, 0.717) is 44.5 Å². The van der Waals surface area contributed by atoms with Crippen molar-refractivity contribution in [3.05, 3.63) is 41.1 Å². The van der Waals surface area contributed by atoms with Crippen molar-refractivity contribution in [2.45, 2.75) is 32.9 Å². The average molecular weight is 397 g/mol. The number of ether oxygens (including phenoxy) is 2. The van der Waals surface area contributed by atoms with Gasteiger partial charge in [-0.15, -0.1) is 0 Å². The topological polar surface area (TPSA) is 72.0 Å². The summed E-state index contributed by atoms with van der Waals surface area (Å²) in [6.45, 7) is 7.74. The molecule has 0 atom stereocenters. The molecule has 0 aliphatic carbocycles. The summed E-state index contributed by atoms with van der Waals surface area (Å²) in [7, 11) is 0. The maximum atomic E-state index is 13.1. The largest absolute Gasteiger partial charge is 0.452 e. The summed E-state index contributed by atoms with van der Waals surface area (Å²) in [6.07, 6.45) is 0.797. The molecule has 0 radical (unpaired) electrons. The molecule has 2 aromatic rings. The fourth-order valence-corrected chi connectivity index (χ4v) is 3.99. The number of para-hydroxylation sites is 1. The van der Waals surface area contributed by atoms with Gasteiger partial charge in [0.2, 0.25) is 0 Å². The Bertz CT molecular complexity index is 922. The summed E-state index contributed by atoms with van der Waals surface area (Å²) in [5, 5.41) is 0.778. The van der Waals surface area contributed by atoms with Crippen molar-refractivity contribution in [2.24, 2.45) is 0 Å². The first-order chi connectivity index (χ1) is 14.0. The summed E-state index contributed by atoms with van der Waals surface area (Å²) >= 11 is 0. The van der Waals surface area contributed by atoms with Crippen LogP contribution in [0.2, 0.25) is 0 Å². The van der Waals surface area contributed by atoms with Crippen molar-refractivity contribution in [1.29, 1.82) is 0 Å². The number of esters is 1. The second-order valence-corrected chi connectivity index (χ2v) is 7.81. The van der Waals surface area contributed by atoms with Crippen LogP contribution >= 0.6 is 0 Å². The number of fused-ring (bicyclic) bond motifs is 2. The van der Waals surface area contributed by atoms with Gasteiger partial charge in [-0.3, -0.25) is 14.7 Å². The molecule has 0 unspecified atom stereocenters. The zero-order chi connectivity index (χ0) is 20.4. The minimum absolute atomic E-state index is 0.183. The fraction of sp³-hybridized carbons (Fsp3) is 0.500. The van der Waals surface area contributed by atoms with Crippen LogP contribution in [0.4, 0.5) is 0 Å². The molecule has 4 rings (SSSR count). The lowest BCUT2D eigenvalue weighted by Gasteiger charge is -2.32. The Morgan fingerprint density at radius 2 is 1.93 bits per heavy atom. The summed E-state index contributed by atoms with van der Waals surface area (Å²) in [5.74, 6) is -0.634. The molecule has 0 N–H and O–H groups in total. The van der Waals surface area contributed by atoms with Gasteiger partial charge in [-0.2, -0.15) is 0 Å². The van der Waals surface area contributed by atoms with Gasteiger partial charge in [0.05, 0.1) is 24.3 Å². The van der Waals surface area contributed by atoms with Gasteiger partial charge in [0.15, 0.2) is 6.61 Å². The number of carbonyl (C=O) groups is 2. The Balaban J connectivity index is 1.62. The minimum atomic E-state index is -0.452. The van der Waals surface area contributed by atoms with Crippen molar-refractivity contribution >= 4 is 22.8 Å². The first-order valence-corrected chi connectivity index (χ1v) is 10.2. The molecular formula is C22H27N3O4. The summed E-state index contributed by atoms with van der Waals surface area (Å²) in [6, 6.07) is 8.01. The van der Waals surface area contributed by atoms with Crippen LogP contribution in [0.3, 0.4) is 0 Å². The molecule has 2 aliphatic heterocycles. The Morgan fingerprint density at radius 3 is 2.69 bits per heavy atom. The molecule has 7 nitrogen and oxygen atoms in total. The van der Waals surface area contributed by atoms with E-state index in [1.165, 1.54) is 0 Å². The number of aromatic nitrogens is 1. The van der Waals surface area contributed by atoms with Gasteiger partial charge < -0.3 is 14.4 Å². The second kappa shape index (κ2) is 8.47. The van der Waals surface area contributed by atoms with Crippen molar-refractivity contribution in [3.63, 3.8) is 0 Å². The van der Waals surface area contributed by atoms with Gasteiger partial charge in [0.25, 0.3) is 5.91 Å². The number of benzene rings is 1. The van der Waals surface area contributed by atoms with Crippen LogP contribution in [-0.4, -0.2) is 72.2 Å². The highest BCUT2D eigenvalue weighted by Crippen LogP contribution is 2.29. The van der Waals surface area contributed by atoms with Crippen molar-refractivity contribution < 1.29 is 19.1 Å². The Morgan fingerprint density at radius 1 is 1.17 bits per heavy atom. The van der Waals surface area contributed by atoms with Gasteiger partial charge in [0.1, 0.15) is 0 Å². The first-order valence-electron chi connectivity index (χ1n) is 10.2. The van der Waals surface area contributed by atoms with Gasteiger partial charge in [-0.05, 0) is 19.9 Å². The maximum Gasteiger partial charge on any atom is 0.339 e. The molecule has 1 fully saturated rings. The van der Waals surface area contributed by atoms with E-state index in [9.17, 15) is 9.59 Å². The van der Waals surface area contributed by atoms with Crippen molar-refractivity contribution in [1.82, 2.24) is 14.8 Å². The van der Waals surface area contributed by atoms with E-state index >= 15 is 0 Å². The lowest BCUT2D eigenvalue weighted by atomic mass is 9.95. The third-order valence-electron chi connectivity index (χ3n) is 5.70. The summed E-state index contributed by atoms with van der Waals surface area (Å²) < 4.78 is 10.8. The van der Waals surface area contributed by atoms with Crippen molar-refractivity contribution in [2.75, 3.05) is 39.5 Å². The molecule has 1 aromatic carbocycles. The lowest BCUT2D eigenvalue weighted by Crippen LogP contribution is -2.42. The quantitative estimate of drug-likeness (QED) is 0.735. The number of hydrogen-bond donors (Lipinski definition) is 0. The molecular weight excluding hydrogens is 370 g/mol. The van der Waals surface area contributed by atoms with E-state index in [1.807, 2.05) is 24.3 Å². The van der Waals surface area contributed by atoms with Gasteiger partial charge in [0, 0.05) is 55.3 Å². The zero-order valence-corrected chi connectivity index (χ0v) is 17.0. The third kappa shape index (κ3) is 4.11. The zero-order valence-electron chi connectivity index (χ0n) is 17.0. The number of carbonyl (C=O) groups excluding carboxylic acids is 2. The van der Waals surface area contributed by atoms with Gasteiger partial charge >= 0.3 is 5.97 Å². The number of pyridine rings is 1. The second-order valence-electron chi connectivity index (χ2n) is 7.81. The highest BCUT2D eigenvalue weighted by Gasteiger charge is 2.28. The van der Waals surface area contributed by atoms with Crippen LogP contribution < -0.4 is 0 Å². The predicted molar refractivity (Wildman–Crippen MR) is 109 cm³/mol. The van der Waals surface area contributed by atoms with E-state index in [4.69, 9.17) is 14.5 Å². The Kier molecular flexibility index (Phi) is 5.78. The number of amides is 1. The SMILES string of the molecule is CC(C)N1CCc2nc3ccccc3c(C(=O)OCC(=O)N3CCOCC3)c2C1. The summed E-state index contributed by atoms with van der Waals surface area (Å²) in [4.78, 5) is 34.3. The predicted octanol–water partition coefficient (Wildman–Crippen LogP) is 2.02. The van der Waals surface area contributed by atoms with Crippen molar-refractivity contribution in [3.8, 4) is 0 Å². The standard InChI is InChI=1S/C22H27N3O4/c1-15(2)25-8-7-19-17(13-25)21(16-5-3-4-6-18(16)23-19)22(27)29-14-20(26)24-9-11-28-12-10-24/h3-6,15H,7-14H2,1-2H3. The molecule has 1 saturated heterocycles. The lowest BCUT2D eigenvalue weighted by molar-refractivity contribution is -0.138. The van der Waals surface area contributed by atoms with Gasteiger partial charge in [-0.25, -0.2) is 4.79 Å². The van der Waals surface area contributed by atoms with Crippen LogP contribution in [0.15, 0.2) is 24.3 Å². The Labute approximate surface area is 170 Å². The molecule has 29 heavy (non-hydrogen) atoms. The maximum absolute atomic E-state index is 13.1. The number of nitrogens with zero attached hydrogens (tertiary/aromatic N) is 3. The first kappa shape index (κ1) is 19.8. The van der Waals surface area contributed by atoms with E-state index in [2.05, 4.69) is 18.7 Å². The highest BCUT2D eigenvalue weighted by molar-refractivity contribution is 6.05. The highest BCUT2D eigenvalue weighted by atomic mass is 16.5. The van der Waals surface area contributed by atoms with Crippen LogP contribution in [0.1, 0.15) is 35.5 Å². The van der Waals surface area contributed by atoms with E-state index < -0.39 is 5.97 Å². The number of morpholine rings is 1. The molecule has 0 bridgehead atoms. The van der Waals surface area contributed by atoms with Crippen LogP contribution in [0.5, 0.6) is 0 Å². The van der Waals surface area contributed by atoms with Crippen LogP contribution in [0.25, 0.3) is 10.9 Å². The van der Waals surface area contributed by atoms with Crippen LogP contribution in [-0.2, 0) is 27.2 Å². The van der Waals surface area contributed by atoms with Gasteiger partial charge in [-0.1, -0.05) is 18.2 Å². The molecule has 154 valence electrons. The molecule has 0 saturated carbocycles. The molecule has 0 spiro atoms. The molecule has 3 heterocycles. The van der Waals surface area contributed by atoms with E-state index in [1.54, 1.807) is 4.90 Å². The molecule has 2 aliphatic rings. The number of rotatable bonds is 4. The molecule has 1 amide bonds. The van der Waals surface area contributed by atoms with E-state index in [-0.39, 0.29) is 12.5 Å². The van der Waals surface area contributed by atoms with Crippen LogP contribution in [0, 0.1) is 0 Å². The number of hydrogen-bond acceptors (Lipinski definition) is 6. The summed E-state index contributed by atoms with van der Waals surface area (Å²) in [5.41, 5.74) is 3.21.